The predicted molar refractivity (Wildman–Crippen MR) is 68.1 cm³/mol. The van der Waals surface area contributed by atoms with E-state index in [9.17, 15) is 0 Å². The van der Waals surface area contributed by atoms with Gasteiger partial charge in [0, 0.05) is 0 Å². The second kappa shape index (κ2) is 3.90. The van der Waals surface area contributed by atoms with Crippen molar-refractivity contribution in [3.05, 3.63) is 53.1 Å². The summed E-state index contributed by atoms with van der Waals surface area (Å²) in [5.74, 6) is 0. The third-order valence-electron chi connectivity index (χ3n) is 2.94. The van der Waals surface area contributed by atoms with E-state index in [1.165, 1.54) is 27.5 Å². The molecule has 0 aromatic heterocycles. The Balaban J connectivity index is 2.69. The lowest BCUT2D eigenvalue weighted by molar-refractivity contribution is 1.38. The van der Waals surface area contributed by atoms with Crippen molar-refractivity contribution < 1.29 is 0 Å². The maximum atomic E-state index is 2.24. The zero-order valence-electron chi connectivity index (χ0n) is 9.54. The molecular formula is C15H16. The van der Waals surface area contributed by atoms with Crippen molar-refractivity contribution in [3.8, 4) is 0 Å². The van der Waals surface area contributed by atoms with Crippen molar-refractivity contribution in [2.75, 3.05) is 0 Å². The van der Waals surface area contributed by atoms with E-state index < -0.39 is 0 Å². The lowest BCUT2D eigenvalue weighted by Crippen LogP contribution is -1.84. The van der Waals surface area contributed by atoms with Crippen LogP contribution in [0.5, 0.6) is 0 Å². The highest BCUT2D eigenvalue weighted by Gasteiger charge is 1.99. The molecule has 2 aromatic carbocycles. The average Bonchev–Trinajstić information content (AvgIpc) is 2.24. The molecule has 0 atom stereocenters. The molecule has 0 unspecified atom stereocenters. The molecule has 15 heavy (non-hydrogen) atoms. The molecule has 2 rings (SSSR count). The van der Waals surface area contributed by atoms with Crippen molar-refractivity contribution >= 4 is 16.8 Å². The number of fused-ring (bicyclic) bond motifs is 1. The molecule has 0 spiro atoms. The van der Waals surface area contributed by atoms with Crippen LogP contribution in [0.25, 0.3) is 16.8 Å². The number of benzene rings is 2. The van der Waals surface area contributed by atoms with Gasteiger partial charge >= 0.3 is 0 Å². The molecule has 0 nitrogen and oxygen atoms in total. The van der Waals surface area contributed by atoms with E-state index in [2.05, 4.69) is 56.3 Å². The second-order valence-corrected chi connectivity index (χ2v) is 3.99. The molecule has 0 radical (unpaired) electrons. The van der Waals surface area contributed by atoms with Gasteiger partial charge in [0.2, 0.25) is 0 Å². The molecule has 0 saturated carbocycles. The molecule has 0 bridgehead atoms. The Bertz CT molecular complexity index is 519. The molecule has 2 aromatic rings. The van der Waals surface area contributed by atoms with Crippen LogP contribution in [0.4, 0.5) is 0 Å². The third kappa shape index (κ3) is 1.80. The van der Waals surface area contributed by atoms with E-state index in [1.54, 1.807) is 0 Å². The molecular weight excluding hydrogens is 180 g/mol. The van der Waals surface area contributed by atoms with Gasteiger partial charge < -0.3 is 0 Å². The molecule has 0 aliphatic carbocycles. The van der Waals surface area contributed by atoms with Gasteiger partial charge in [0.25, 0.3) is 0 Å². The van der Waals surface area contributed by atoms with Crippen LogP contribution >= 0.6 is 0 Å². The number of hydrogen-bond acceptors (Lipinski definition) is 0. The van der Waals surface area contributed by atoms with Crippen LogP contribution in [0.1, 0.15) is 23.6 Å². The van der Waals surface area contributed by atoms with Crippen molar-refractivity contribution in [3.63, 3.8) is 0 Å². The van der Waals surface area contributed by atoms with Crippen LogP contribution < -0.4 is 0 Å². The van der Waals surface area contributed by atoms with Crippen LogP contribution in [-0.4, -0.2) is 0 Å². The SMILES string of the molecule is C/C=C/c1ccc2c(C)c(C)ccc2c1. The monoisotopic (exact) mass is 196 g/mol. The van der Waals surface area contributed by atoms with Gasteiger partial charge in [-0.3, -0.25) is 0 Å². The first-order chi connectivity index (χ1) is 7.22. The normalized spacial score (nSPS) is 11.4. The van der Waals surface area contributed by atoms with Crippen LogP contribution in [0, 0.1) is 13.8 Å². The van der Waals surface area contributed by atoms with E-state index in [-0.39, 0.29) is 0 Å². The summed E-state index contributed by atoms with van der Waals surface area (Å²) in [5, 5.41) is 2.69. The first-order valence-corrected chi connectivity index (χ1v) is 5.35. The Morgan fingerprint density at radius 3 is 2.53 bits per heavy atom. The van der Waals surface area contributed by atoms with Crippen LogP contribution in [-0.2, 0) is 0 Å². The summed E-state index contributed by atoms with van der Waals surface area (Å²) in [5.41, 5.74) is 4.02. The summed E-state index contributed by atoms with van der Waals surface area (Å²) < 4.78 is 0. The summed E-state index contributed by atoms with van der Waals surface area (Å²) in [6, 6.07) is 11.0. The largest absolute Gasteiger partial charge is 0.0871 e. The molecule has 0 aliphatic rings. The Kier molecular flexibility index (Phi) is 2.59. The summed E-state index contributed by atoms with van der Waals surface area (Å²) in [6.45, 7) is 6.40. The maximum absolute atomic E-state index is 2.24. The topological polar surface area (TPSA) is 0 Å². The number of rotatable bonds is 1. The number of hydrogen-bond donors (Lipinski definition) is 0. The molecule has 0 saturated heterocycles. The minimum atomic E-state index is 1.27. The van der Waals surface area contributed by atoms with Gasteiger partial charge in [-0.05, 0) is 54.3 Å². The molecule has 0 N–H and O–H groups in total. The zero-order valence-corrected chi connectivity index (χ0v) is 9.54. The lowest BCUT2D eigenvalue weighted by atomic mass is 9.99. The lowest BCUT2D eigenvalue weighted by Gasteiger charge is -2.06. The highest BCUT2D eigenvalue weighted by Crippen LogP contribution is 2.22. The Morgan fingerprint density at radius 2 is 1.80 bits per heavy atom. The fourth-order valence-electron chi connectivity index (χ4n) is 1.91. The van der Waals surface area contributed by atoms with Crippen molar-refractivity contribution in [1.29, 1.82) is 0 Å². The van der Waals surface area contributed by atoms with E-state index in [0.717, 1.165) is 0 Å². The van der Waals surface area contributed by atoms with Crippen molar-refractivity contribution in [2.45, 2.75) is 20.8 Å². The Hall–Kier alpha value is -1.56. The van der Waals surface area contributed by atoms with Gasteiger partial charge in [0.1, 0.15) is 0 Å². The summed E-state index contributed by atoms with van der Waals surface area (Å²) >= 11 is 0. The molecule has 76 valence electrons. The molecule has 0 heteroatoms. The fourth-order valence-corrected chi connectivity index (χ4v) is 1.91. The molecule has 0 heterocycles. The van der Waals surface area contributed by atoms with Gasteiger partial charge in [-0.25, -0.2) is 0 Å². The van der Waals surface area contributed by atoms with Crippen LogP contribution in [0.3, 0.4) is 0 Å². The fraction of sp³-hybridized carbons (Fsp3) is 0.200. The van der Waals surface area contributed by atoms with Crippen molar-refractivity contribution in [2.24, 2.45) is 0 Å². The summed E-state index contributed by atoms with van der Waals surface area (Å²) in [4.78, 5) is 0. The zero-order chi connectivity index (χ0) is 10.8. The van der Waals surface area contributed by atoms with Gasteiger partial charge in [0.05, 0.1) is 0 Å². The second-order valence-electron chi connectivity index (χ2n) is 3.99. The minimum absolute atomic E-state index is 1.27. The molecule has 0 amide bonds. The summed E-state index contributed by atoms with van der Waals surface area (Å²) in [7, 11) is 0. The van der Waals surface area contributed by atoms with E-state index in [4.69, 9.17) is 0 Å². The first-order valence-electron chi connectivity index (χ1n) is 5.35. The molecule has 0 aliphatic heterocycles. The van der Waals surface area contributed by atoms with Gasteiger partial charge in [-0.15, -0.1) is 0 Å². The first kappa shape index (κ1) is 9.97. The van der Waals surface area contributed by atoms with E-state index in [0.29, 0.717) is 0 Å². The maximum Gasteiger partial charge on any atom is -0.0152 e. The van der Waals surface area contributed by atoms with Crippen LogP contribution in [0.15, 0.2) is 36.4 Å². The highest BCUT2D eigenvalue weighted by atomic mass is 14.0. The molecule has 0 fully saturated rings. The third-order valence-corrected chi connectivity index (χ3v) is 2.94. The quantitative estimate of drug-likeness (QED) is 0.630. The van der Waals surface area contributed by atoms with Gasteiger partial charge in [-0.2, -0.15) is 0 Å². The standard InChI is InChI=1S/C15H16/c1-4-5-13-7-9-15-12(3)11(2)6-8-14(15)10-13/h4-10H,1-3H3/b5-4+. The Labute approximate surface area is 91.2 Å². The smallest absolute Gasteiger partial charge is 0.0152 e. The average molecular weight is 196 g/mol. The minimum Gasteiger partial charge on any atom is -0.0871 e. The predicted octanol–water partition coefficient (Wildman–Crippen LogP) is 4.49. The van der Waals surface area contributed by atoms with E-state index >= 15 is 0 Å². The number of allylic oxidation sites excluding steroid dienone is 1. The number of aryl methyl sites for hydroxylation is 2. The Morgan fingerprint density at radius 1 is 1.00 bits per heavy atom. The van der Waals surface area contributed by atoms with Gasteiger partial charge in [0.15, 0.2) is 0 Å². The van der Waals surface area contributed by atoms with Crippen molar-refractivity contribution in [1.82, 2.24) is 0 Å². The van der Waals surface area contributed by atoms with E-state index in [1.807, 2.05) is 6.92 Å². The summed E-state index contributed by atoms with van der Waals surface area (Å²) in [6.07, 6.45) is 4.21. The van der Waals surface area contributed by atoms with Gasteiger partial charge in [-0.1, -0.05) is 36.4 Å². The van der Waals surface area contributed by atoms with Crippen LogP contribution in [0.2, 0.25) is 0 Å². The highest BCUT2D eigenvalue weighted by molar-refractivity contribution is 5.88.